The van der Waals surface area contributed by atoms with Crippen molar-refractivity contribution in [2.45, 2.75) is 25.0 Å². The molecular weight excluding hydrogens is 218 g/mol. The highest BCUT2D eigenvalue weighted by Crippen LogP contribution is 2.21. The minimum absolute atomic E-state index is 0.0768. The van der Waals surface area contributed by atoms with Crippen molar-refractivity contribution in [1.82, 2.24) is 15.5 Å². The van der Waals surface area contributed by atoms with Crippen molar-refractivity contribution >= 4 is 16.8 Å². The Balaban J connectivity index is 1.81. The molecule has 0 saturated heterocycles. The van der Waals surface area contributed by atoms with Crippen LogP contribution in [0.25, 0.3) is 10.9 Å². The maximum absolute atomic E-state index is 12.0. The van der Waals surface area contributed by atoms with Gasteiger partial charge in [-0.3, -0.25) is 9.89 Å². The molecule has 0 bridgehead atoms. The molecule has 1 amide bonds. The van der Waals surface area contributed by atoms with Gasteiger partial charge < -0.3 is 10.4 Å². The first-order chi connectivity index (χ1) is 8.24. The Morgan fingerprint density at radius 3 is 2.94 bits per heavy atom. The van der Waals surface area contributed by atoms with Crippen molar-refractivity contribution < 1.29 is 9.90 Å². The van der Waals surface area contributed by atoms with Crippen molar-refractivity contribution in [2.75, 3.05) is 0 Å². The molecule has 1 fully saturated rings. The van der Waals surface area contributed by atoms with Crippen molar-refractivity contribution in [2.24, 2.45) is 0 Å². The lowest BCUT2D eigenvalue weighted by Gasteiger charge is -2.31. The first-order valence-electron chi connectivity index (χ1n) is 5.66. The van der Waals surface area contributed by atoms with Crippen molar-refractivity contribution in [1.29, 1.82) is 0 Å². The molecule has 0 aliphatic heterocycles. The molecule has 5 nitrogen and oxygen atoms in total. The molecule has 17 heavy (non-hydrogen) atoms. The molecule has 5 heteroatoms. The summed E-state index contributed by atoms with van der Waals surface area (Å²) in [5.74, 6) is -0.181. The van der Waals surface area contributed by atoms with Crippen LogP contribution in [0.5, 0.6) is 0 Å². The zero-order valence-corrected chi connectivity index (χ0v) is 9.18. The number of benzene rings is 1. The summed E-state index contributed by atoms with van der Waals surface area (Å²) in [6.45, 7) is 0. The molecule has 1 aliphatic carbocycles. The number of carbonyl (C=O) groups is 1. The van der Waals surface area contributed by atoms with E-state index in [4.69, 9.17) is 5.11 Å². The fraction of sp³-hybridized carbons (Fsp3) is 0.333. The van der Waals surface area contributed by atoms with Gasteiger partial charge in [-0.05, 0) is 18.9 Å². The van der Waals surface area contributed by atoms with Crippen LogP contribution in [0.1, 0.15) is 23.3 Å². The van der Waals surface area contributed by atoms with Crippen LogP contribution in [0.4, 0.5) is 0 Å². The molecule has 3 rings (SSSR count). The van der Waals surface area contributed by atoms with Gasteiger partial charge in [0.1, 0.15) is 0 Å². The topological polar surface area (TPSA) is 78.0 Å². The van der Waals surface area contributed by atoms with Crippen LogP contribution in [0.15, 0.2) is 24.3 Å². The number of nitrogens with zero attached hydrogens (tertiary/aromatic N) is 1. The van der Waals surface area contributed by atoms with Gasteiger partial charge in [0.2, 0.25) is 0 Å². The number of nitrogens with one attached hydrogen (secondary N) is 2. The maximum atomic E-state index is 12.0. The second-order valence-electron chi connectivity index (χ2n) is 4.41. The third-order valence-electron chi connectivity index (χ3n) is 3.13. The van der Waals surface area contributed by atoms with Gasteiger partial charge in [-0.15, -0.1) is 0 Å². The molecular formula is C12H13N3O2. The monoisotopic (exact) mass is 231 g/mol. The van der Waals surface area contributed by atoms with Crippen molar-refractivity contribution in [3.63, 3.8) is 0 Å². The molecule has 2 aromatic rings. The van der Waals surface area contributed by atoms with Gasteiger partial charge in [0.25, 0.3) is 5.91 Å². The van der Waals surface area contributed by atoms with E-state index in [1.54, 1.807) is 0 Å². The van der Waals surface area contributed by atoms with Gasteiger partial charge in [-0.25, -0.2) is 0 Å². The van der Waals surface area contributed by atoms with E-state index in [-0.39, 0.29) is 18.1 Å². The minimum atomic E-state index is -0.267. The molecule has 1 saturated carbocycles. The Morgan fingerprint density at radius 2 is 2.18 bits per heavy atom. The van der Waals surface area contributed by atoms with Crippen molar-refractivity contribution in [3.05, 3.63) is 30.0 Å². The van der Waals surface area contributed by atoms with Gasteiger partial charge in [0.05, 0.1) is 11.6 Å². The van der Waals surface area contributed by atoms with Crippen LogP contribution < -0.4 is 5.32 Å². The summed E-state index contributed by atoms with van der Waals surface area (Å²) in [6.07, 6.45) is 0.999. The molecule has 88 valence electrons. The number of aliphatic hydroxyl groups is 1. The lowest BCUT2D eigenvalue weighted by Crippen LogP contribution is -2.46. The lowest BCUT2D eigenvalue weighted by molar-refractivity contribution is 0.0561. The van der Waals surface area contributed by atoms with E-state index in [0.29, 0.717) is 18.5 Å². The average Bonchev–Trinajstić information content (AvgIpc) is 2.70. The normalized spacial score (nSPS) is 23.4. The second kappa shape index (κ2) is 3.85. The Bertz CT molecular complexity index is 558. The van der Waals surface area contributed by atoms with Crippen LogP contribution in [-0.2, 0) is 0 Å². The van der Waals surface area contributed by atoms with E-state index in [0.717, 1.165) is 10.9 Å². The fourth-order valence-corrected chi connectivity index (χ4v) is 2.10. The molecule has 1 aromatic carbocycles. The number of hydrogen-bond acceptors (Lipinski definition) is 3. The smallest absolute Gasteiger partial charge is 0.272 e. The predicted molar refractivity (Wildman–Crippen MR) is 62.6 cm³/mol. The largest absolute Gasteiger partial charge is 0.393 e. The summed E-state index contributed by atoms with van der Waals surface area (Å²) in [4.78, 5) is 12.0. The third-order valence-corrected chi connectivity index (χ3v) is 3.13. The Labute approximate surface area is 97.8 Å². The van der Waals surface area contributed by atoms with Crippen LogP contribution in [0.3, 0.4) is 0 Å². The summed E-state index contributed by atoms with van der Waals surface area (Å²) >= 11 is 0. The molecule has 3 N–H and O–H groups in total. The molecule has 0 radical (unpaired) electrons. The van der Waals surface area contributed by atoms with E-state index < -0.39 is 0 Å². The van der Waals surface area contributed by atoms with Crippen LogP contribution in [0.2, 0.25) is 0 Å². The third kappa shape index (κ3) is 1.78. The molecule has 1 heterocycles. The zero-order chi connectivity index (χ0) is 11.8. The molecule has 0 spiro atoms. The zero-order valence-electron chi connectivity index (χ0n) is 9.18. The van der Waals surface area contributed by atoms with Gasteiger partial charge >= 0.3 is 0 Å². The van der Waals surface area contributed by atoms with E-state index in [2.05, 4.69) is 15.5 Å². The average molecular weight is 231 g/mol. The van der Waals surface area contributed by atoms with Crippen molar-refractivity contribution in [3.8, 4) is 0 Å². The van der Waals surface area contributed by atoms with Crippen LogP contribution in [-0.4, -0.2) is 33.4 Å². The number of aliphatic hydroxyl groups excluding tert-OH is 1. The van der Waals surface area contributed by atoms with E-state index in [1.807, 2.05) is 24.3 Å². The number of para-hydroxylation sites is 1. The Kier molecular flexibility index (Phi) is 2.33. The highest BCUT2D eigenvalue weighted by atomic mass is 16.3. The van der Waals surface area contributed by atoms with Gasteiger partial charge in [-0.1, -0.05) is 18.2 Å². The summed E-state index contributed by atoms with van der Waals surface area (Å²) < 4.78 is 0. The van der Waals surface area contributed by atoms with Gasteiger partial charge in [0.15, 0.2) is 5.69 Å². The second-order valence-corrected chi connectivity index (χ2v) is 4.41. The first kappa shape index (κ1) is 10.3. The van der Waals surface area contributed by atoms with Gasteiger partial charge in [0, 0.05) is 11.4 Å². The quantitative estimate of drug-likeness (QED) is 0.716. The lowest BCUT2D eigenvalue weighted by atomic mass is 9.89. The standard InChI is InChI=1S/C12H13N3O2/c16-8-5-7(6-8)13-12(17)11-9-3-1-2-4-10(9)14-15-11/h1-4,7-8,16H,5-6H2,(H,13,17)(H,14,15). The van der Waals surface area contributed by atoms with Crippen LogP contribution in [0, 0.1) is 0 Å². The number of fused-ring (bicyclic) bond motifs is 1. The Morgan fingerprint density at radius 1 is 1.41 bits per heavy atom. The number of hydrogen-bond donors (Lipinski definition) is 3. The highest BCUT2D eigenvalue weighted by molar-refractivity contribution is 6.04. The fourth-order valence-electron chi connectivity index (χ4n) is 2.10. The molecule has 0 atom stereocenters. The maximum Gasteiger partial charge on any atom is 0.272 e. The summed E-state index contributed by atoms with van der Waals surface area (Å²) in [7, 11) is 0. The minimum Gasteiger partial charge on any atom is -0.393 e. The summed E-state index contributed by atoms with van der Waals surface area (Å²) in [5, 5.41) is 19.7. The number of carbonyl (C=O) groups excluding carboxylic acids is 1. The van der Waals surface area contributed by atoms with E-state index in [9.17, 15) is 4.79 Å². The number of amides is 1. The number of H-pyrrole nitrogens is 1. The summed E-state index contributed by atoms with van der Waals surface area (Å²) in [6, 6.07) is 7.59. The molecule has 1 aromatic heterocycles. The highest BCUT2D eigenvalue weighted by Gasteiger charge is 2.29. The van der Waals surface area contributed by atoms with E-state index >= 15 is 0 Å². The number of rotatable bonds is 2. The molecule has 1 aliphatic rings. The molecule has 0 unspecified atom stereocenters. The van der Waals surface area contributed by atoms with Crippen LogP contribution >= 0.6 is 0 Å². The first-order valence-corrected chi connectivity index (χ1v) is 5.66. The SMILES string of the molecule is O=C(NC1CC(O)C1)c1n[nH]c2ccccc12. The number of aromatic nitrogens is 2. The predicted octanol–water partition coefficient (Wildman–Crippen LogP) is 0.816. The summed E-state index contributed by atoms with van der Waals surface area (Å²) in [5.41, 5.74) is 1.27. The van der Waals surface area contributed by atoms with Gasteiger partial charge in [-0.2, -0.15) is 5.10 Å². The van der Waals surface area contributed by atoms with E-state index in [1.165, 1.54) is 0 Å². The Hall–Kier alpha value is -1.88. The number of aromatic amines is 1.